The van der Waals surface area contributed by atoms with Crippen molar-refractivity contribution < 1.29 is 9.18 Å². The normalized spacial score (nSPS) is 14.0. The Hall–Kier alpha value is -3.34. The Kier molecular flexibility index (Phi) is 5.24. The van der Waals surface area contributed by atoms with Crippen LogP contribution < -0.4 is 10.2 Å². The molecule has 0 saturated carbocycles. The molecule has 142 valence electrons. The lowest BCUT2D eigenvalue weighted by Crippen LogP contribution is -2.48. The molecule has 0 unspecified atom stereocenters. The minimum atomic E-state index is -0.236. The van der Waals surface area contributed by atoms with E-state index in [2.05, 4.69) is 10.2 Å². The van der Waals surface area contributed by atoms with Crippen molar-refractivity contribution in [2.45, 2.75) is 0 Å². The van der Waals surface area contributed by atoms with E-state index in [0.29, 0.717) is 18.7 Å². The van der Waals surface area contributed by atoms with Crippen molar-refractivity contribution in [1.29, 1.82) is 0 Å². The minimum absolute atomic E-state index is 0.0257. The van der Waals surface area contributed by atoms with Gasteiger partial charge >= 0.3 is 0 Å². The fourth-order valence-corrected chi connectivity index (χ4v) is 3.45. The molecule has 0 atom stereocenters. The van der Waals surface area contributed by atoms with Gasteiger partial charge in [0, 0.05) is 37.6 Å². The summed E-state index contributed by atoms with van der Waals surface area (Å²) >= 11 is 0. The lowest BCUT2D eigenvalue weighted by Gasteiger charge is -2.36. The third kappa shape index (κ3) is 3.98. The van der Waals surface area contributed by atoms with Crippen molar-refractivity contribution >= 4 is 23.0 Å². The second-order valence-electron chi connectivity index (χ2n) is 6.79. The van der Waals surface area contributed by atoms with Gasteiger partial charge in [-0.05, 0) is 48.5 Å². The van der Waals surface area contributed by atoms with E-state index < -0.39 is 0 Å². The lowest BCUT2D eigenvalue weighted by molar-refractivity contribution is 0.0748. The first kappa shape index (κ1) is 18.0. The SMILES string of the molecule is O=C(c1ccccc1Nc1ccccc1)N1CCN(c2ccc(F)cc2)CC1. The summed E-state index contributed by atoms with van der Waals surface area (Å²) in [6.07, 6.45) is 0. The number of amides is 1. The summed E-state index contributed by atoms with van der Waals surface area (Å²) in [5.74, 6) is -0.210. The van der Waals surface area contributed by atoms with Crippen LogP contribution in [0.4, 0.5) is 21.5 Å². The summed E-state index contributed by atoms with van der Waals surface area (Å²) < 4.78 is 13.1. The molecular formula is C23H22FN3O. The van der Waals surface area contributed by atoms with Gasteiger partial charge in [-0.1, -0.05) is 30.3 Å². The first-order valence-electron chi connectivity index (χ1n) is 9.41. The zero-order valence-corrected chi connectivity index (χ0v) is 15.5. The van der Waals surface area contributed by atoms with E-state index in [1.807, 2.05) is 59.5 Å². The summed E-state index contributed by atoms with van der Waals surface area (Å²) in [5.41, 5.74) is 3.41. The quantitative estimate of drug-likeness (QED) is 0.728. The van der Waals surface area contributed by atoms with Gasteiger partial charge < -0.3 is 15.1 Å². The Morgan fingerprint density at radius 2 is 1.43 bits per heavy atom. The van der Waals surface area contributed by atoms with Crippen LogP contribution in [0.1, 0.15) is 10.4 Å². The molecule has 5 heteroatoms. The zero-order valence-electron chi connectivity index (χ0n) is 15.5. The van der Waals surface area contributed by atoms with E-state index in [1.165, 1.54) is 12.1 Å². The molecule has 3 aromatic rings. The van der Waals surface area contributed by atoms with E-state index in [0.717, 1.165) is 30.2 Å². The highest BCUT2D eigenvalue weighted by molar-refractivity contribution is 6.00. The summed E-state index contributed by atoms with van der Waals surface area (Å²) in [7, 11) is 0. The molecule has 0 spiro atoms. The molecule has 4 rings (SSSR count). The minimum Gasteiger partial charge on any atom is -0.368 e. The van der Waals surface area contributed by atoms with Crippen LogP contribution >= 0.6 is 0 Å². The molecule has 0 aliphatic carbocycles. The predicted octanol–water partition coefficient (Wildman–Crippen LogP) is 4.53. The molecular weight excluding hydrogens is 353 g/mol. The molecule has 1 aliphatic rings. The van der Waals surface area contributed by atoms with Crippen LogP contribution in [0, 0.1) is 5.82 Å². The lowest BCUT2D eigenvalue weighted by atomic mass is 10.1. The number of nitrogens with one attached hydrogen (secondary N) is 1. The number of halogens is 1. The molecule has 1 amide bonds. The maximum Gasteiger partial charge on any atom is 0.256 e. The Labute approximate surface area is 164 Å². The van der Waals surface area contributed by atoms with Crippen LogP contribution in [-0.2, 0) is 0 Å². The standard InChI is InChI=1S/C23H22FN3O/c24-18-10-12-20(13-11-18)26-14-16-27(17-15-26)23(28)21-8-4-5-9-22(21)25-19-6-2-1-3-7-19/h1-13,25H,14-17H2. The van der Waals surface area contributed by atoms with Crippen LogP contribution in [0.25, 0.3) is 0 Å². The summed E-state index contributed by atoms with van der Waals surface area (Å²) in [6, 6.07) is 23.9. The number of carbonyl (C=O) groups is 1. The van der Waals surface area contributed by atoms with Crippen LogP contribution in [0.5, 0.6) is 0 Å². The summed E-state index contributed by atoms with van der Waals surface area (Å²) in [5, 5.41) is 3.34. The number of carbonyl (C=O) groups excluding carboxylic acids is 1. The Bertz CT molecular complexity index is 936. The monoisotopic (exact) mass is 375 g/mol. The average Bonchev–Trinajstić information content (AvgIpc) is 2.75. The first-order valence-corrected chi connectivity index (χ1v) is 9.41. The number of hydrogen-bond donors (Lipinski definition) is 1. The number of anilines is 3. The van der Waals surface area contributed by atoms with Gasteiger partial charge in [0.2, 0.25) is 0 Å². The van der Waals surface area contributed by atoms with Crippen molar-refractivity contribution in [3.63, 3.8) is 0 Å². The molecule has 0 bridgehead atoms. The number of nitrogens with zero attached hydrogens (tertiary/aromatic N) is 2. The molecule has 4 nitrogen and oxygen atoms in total. The van der Waals surface area contributed by atoms with Crippen LogP contribution in [-0.4, -0.2) is 37.0 Å². The van der Waals surface area contributed by atoms with Crippen molar-refractivity contribution in [2.24, 2.45) is 0 Å². The number of para-hydroxylation sites is 2. The van der Waals surface area contributed by atoms with Gasteiger partial charge in [-0.2, -0.15) is 0 Å². The van der Waals surface area contributed by atoms with Gasteiger partial charge in [-0.15, -0.1) is 0 Å². The smallest absolute Gasteiger partial charge is 0.256 e. The fourth-order valence-electron chi connectivity index (χ4n) is 3.45. The summed E-state index contributed by atoms with van der Waals surface area (Å²) in [6.45, 7) is 2.73. The second-order valence-corrected chi connectivity index (χ2v) is 6.79. The van der Waals surface area contributed by atoms with E-state index >= 15 is 0 Å². The molecule has 1 N–H and O–H groups in total. The first-order chi connectivity index (χ1) is 13.7. The van der Waals surface area contributed by atoms with Crippen molar-refractivity contribution in [1.82, 2.24) is 4.90 Å². The molecule has 28 heavy (non-hydrogen) atoms. The van der Waals surface area contributed by atoms with Gasteiger partial charge in [-0.3, -0.25) is 4.79 Å². The second kappa shape index (κ2) is 8.13. The maximum absolute atomic E-state index is 13.1. The third-order valence-corrected chi connectivity index (χ3v) is 4.97. The van der Waals surface area contributed by atoms with E-state index in [4.69, 9.17) is 0 Å². The van der Waals surface area contributed by atoms with Crippen LogP contribution in [0.3, 0.4) is 0 Å². The van der Waals surface area contributed by atoms with Gasteiger partial charge in [0.15, 0.2) is 0 Å². The molecule has 0 radical (unpaired) electrons. The van der Waals surface area contributed by atoms with Crippen LogP contribution in [0.15, 0.2) is 78.9 Å². The third-order valence-electron chi connectivity index (χ3n) is 4.97. The van der Waals surface area contributed by atoms with Gasteiger partial charge in [0.1, 0.15) is 5.82 Å². The zero-order chi connectivity index (χ0) is 19.3. The number of piperazine rings is 1. The molecule has 0 aromatic heterocycles. The Balaban J connectivity index is 1.45. The van der Waals surface area contributed by atoms with Gasteiger partial charge in [0.25, 0.3) is 5.91 Å². The highest BCUT2D eigenvalue weighted by Gasteiger charge is 2.24. The predicted molar refractivity (Wildman–Crippen MR) is 111 cm³/mol. The highest BCUT2D eigenvalue weighted by atomic mass is 19.1. The van der Waals surface area contributed by atoms with E-state index in [9.17, 15) is 9.18 Å². The Morgan fingerprint density at radius 1 is 0.786 bits per heavy atom. The van der Waals surface area contributed by atoms with Crippen LogP contribution in [0.2, 0.25) is 0 Å². The number of benzene rings is 3. The van der Waals surface area contributed by atoms with Crippen molar-refractivity contribution in [3.8, 4) is 0 Å². The van der Waals surface area contributed by atoms with Gasteiger partial charge in [0.05, 0.1) is 11.3 Å². The molecule has 1 fully saturated rings. The highest BCUT2D eigenvalue weighted by Crippen LogP contribution is 2.23. The fraction of sp³-hybridized carbons (Fsp3) is 0.174. The Morgan fingerprint density at radius 3 is 2.14 bits per heavy atom. The molecule has 1 aliphatic heterocycles. The average molecular weight is 375 g/mol. The molecule has 1 heterocycles. The molecule has 3 aromatic carbocycles. The topological polar surface area (TPSA) is 35.6 Å². The van der Waals surface area contributed by atoms with Gasteiger partial charge in [-0.25, -0.2) is 4.39 Å². The maximum atomic E-state index is 13.1. The summed E-state index contributed by atoms with van der Waals surface area (Å²) in [4.78, 5) is 17.2. The van der Waals surface area contributed by atoms with E-state index in [1.54, 1.807) is 12.1 Å². The number of hydrogen-bond acceptors (Lipinski definition) is 3. The van der Waals surface area contributed by atoms with Crippen molar-refractivity contribution in [3.05, 3.63) is 90.2 Å². The number of rotatable bonds is 4. The molecule has 1 saturated heterocycles. The van der Waals surface area contributed by atoms with E-state index in [-0.39, 0.29) is 11.7 Å². The largest absolute Gasteiger partial charge is 0.368 e. The van der Waals surface area contributed by atoms with Crippen molar-refractivity contribution in [2.75, 3.05) is 36.4 Å².